The van der Waals surface area contributed by atoms with Crippen LogP contribution in [0.25, 0.3) is 11.1 Å². The predicted octanol–water partition coefficient (Wildman–Crippen LogP) is 3.39. The first-order valence-corrected chi connectivity index (χ1v) is 7.51. The Morgan fingerprint density at radius 1 is 1.42 bits per heavy atom. The van der Waals surface area contributed by atoms with Crippen LogP contribution in [0.1, 0.15) is 25.7 Å². The lowest BCUT2D eigenvalue weighted by molar-refractivity contribution is 0.303. The molecule has 2 aromatic rings. The van der Waals surface area contributed by atoms with Crippen molar-refractivity contribution in [3.8, 4) is 11.1 Å². The van der Waals surface area contributed by atoms with Gasteiger partial charge in [-0.3, -0.25) is 4.98 Å². The van der Waals surface area contributed by atoms with Gasteiger partial charge in [0.2, 0.25) is 0 Å². The molecular weight excluding hydrogens is 256 g/mol. The fourth-order valence-corrected chi connectivity index (χ4v) is 3.15. The van der Waals surface area contributed by atoms with Crippen LogP contribution in [-0.4, -0.2) is 15.9 Å². The van der Waals surface area contributed by atoms with E-state index in [1.54, 1.807) is 6.20 Å². The van der Waals surface area contributed by atoms with E-state index in [-0.39, 0.29) is 0 Å². The number of nitrogens with two attached hydrogens (primary N) is 1. The molecule has 0 unspecified atom stereocenters. The summed E-state index contributed by atoms with van der Waals surface area (Å²) in [4.78, 5) is 4.15. The van der Waals surface area contributed by atoms with Crippen LogP contribution >= 0.6 is 11.5 Å². The van der Waals surface area contributed by atoms with E-state index in [2.05, 4.69) is 14.7 Å². The third kappa shape index (κ3) is 2.71. The van der Waals surface area contributed by atoms with Crippen molar-refractivity contribution < 1.29 is 0 Å². The maximum Gasteiger partial charge on any atom is 0.147 e. The van der Waals surface area contributed by atoms with Crippen molar-refractivity contribution in [1.29, 1.82) is 0 Å². The predicted molar refractivity (Wildman–Crippen MR) is 80.2 cm³/mol. The fourth-order valence-electron chi connectivity index (χ4n) is 2.38. The van der Waals surface area contributed by atoms with Crippen molar-refractivity contribution in [3.63, 3.8) is 0 Å². The second-order valence-electron chi connectivity index (χ2n) is 5.03. The van der Waals surface area contributed by atoms with Gasteiger partial charge < -0.3 is 11.1 Å². The minimum absolute atomic E-state index is 0.587. The molecule has 1 fully saturated rings. The number of aromatic nitrogens is 2. The van der Waals surface area contributed by atoms with Gasteiger partial charge in [0.05, 0.1) is 5.56 Å². The largest absolute Gasteiger partial charge is 0.382 e. The van der Waals surface area contributed by atoms with Crippen molar-refractivity contribution >= 4 is 22.4 Å². The molecule has 0 aliphatic heterocycles. The Bertz CT molecular complexity index is 534. The Morgan fingerprint density at radius 2 is 2.32 bits per heavy atom. The molecule has 0 radical (unpaired) electrons. The normalized spacial score (nSPS) is 15.2. The lowest BCUT2D eigenvalue weighted by Gasteiger charge is -2.25. The van der Waals surface area contributed by atoms with E-state index in [1.807, 2.05) is 18.3 Å². The lowest BCUT2D eigenvalue weighted by Crippen LogP contribution is -2.15. The Labute approximate surface area is 117 Å². The van der Waals surface area contributed by atoms with E-state index < -0.39 is 0 Å². The summed E-state index contributed by atoms with van der Waals surface area (Å²) in [7, 11) is 0. The van der Waals surface area contributed by atoms with Crippen LogP contribution in [0.4, 0.5) is 10.8 Å². The van der Waals surface area contributed by atoms with Crippen molar-refractivity contribution in [3.05, 3.63) is 24.5 Å². The minimum atomic E-state index is 0.587. The van der Waals surface area contributed by atoms with Gasteiger partial charge in [0.25, 0.3) is 0 Å². The van der Waals surface area contributed by atoms with Gasteiger partial charge >= 0.3 is 0 Å². The molecule has 0 bridgehead atoms. The molecule has 0 saturated heterocycles. The van der Waals surface area contributed by atoms with Crippen LogP contribution in [-0.2, 0) is 0 Å². The Morgan fingerprint density at radius 3 is 3.00 bits per heavy atom. The Kier molecular flexibility index (Phi) is 3.64. The van der Waals surface area contributed by atoms with Crippen LogP contribution in [0.5, 0.6) is 0 Å². The van der Waals surface area contributed by atoms with Crippen molar-refractivity contribution in [2.75, 3.05) is 17.6 Å². The number of nitrogen functional groups attached to an aromatic ring is 1. The molecule has 19 heavy (non-hydrogen) atoms. The molecule has 2 heterocycles. The summed E-state index contributed by atoms with van der Waals surface area (Å²) in [6.07, 6.45) is 9.02. The molecule has 0 amide bonds. The number of hydrogen-bond donors (Lipinski definition) is 2. The van der Waals surface area contributed by atoms with E-state index in [9.17, 15) is 0 Å². The van der Waals surface area contributed by atoms with Crippen molar-refractivity contribution in [2.45, 2.75) is 25.7 Å². The van der Waals surface area contributed by atoms with Gasteiger partial charge in [-0.05, 0) is 29.9 Å². The molecule has 0 aromatic carbocycles. The highest BCUT2D eigenvalue weighted by Gasteiger charge is 2.18. The first kappa shape index (κ1) is 12.4. The number of rotatable bonds is 5. The molecule has 100 valence electrons. The Balaban J connectivity index is 1.71. The van der Waals surface area contributed by atoms with Crippen molar-refractivity contribution in [2.24, 2.45) is 5.92 Å². The highest BCUT2D eigenvalue weighted by Crippen LogP contribution is 2.36. The van der Waals surface area contributed by atoms with Gasteiger partial charge in [0.15, 0.2) is 0 Å². The molecule has 2 aromatic heterocycles. The summed E-state index contributed by atoms with van der Waals surface area (Å²) in [6, 6.07) is 3.94. The molecule has 0 spiro atoms. The first-order valence-electron chi connectivity index (χ1n) is 6.74. The van der Waals surface area contributed by atoms with Gasteiger partial charge in [-0.15, -0.1) is 0 Å². The van der Waals surface area contributed by atoms with Crippen LogP contribution < -0.4 is 11.1 Å². The number of hydrogen-bond acceptors (Lipinski definition) is 5. The van der Waals surface area contributed by atoms with Crippen LogP contribution in [0.2, 0.25) is 0 Å². The third-order valence-electron chi connectivity index (χ3n) is 3.73. The number of nitrogens with zero attached hydrogens (tertiary/aromatic N) is 2. The number of anilines is 2. The van der Waals surface area contributed by atoms with Crippen LogP contribution in [0, 0.1) is 5.92 Å². The summed E-state index contributed by atoms with van der Waals surface area (Å²) in [5.74, 6) is 1.50. The number of nitrogens with one attached hydrogen (secondary N) is 1. The third-order valence-corrected chi connectivity index (χ3v) is 4.55. The zero-order chi connectivity index (χ0) is 13.1. The smallest absolute Gasteiger partial charge is 0.147 e. The van der Waals surface area contributed by atoms with Gasteiger partial charge in [-0.2, -0.15) is 4.37 Å². The highest BCUT2D eigenvalue weighted by molar-refractivity contribution is 7.11. The molecule has 4 nitrogen and oxygen atoms in total. The first-order chi connectivity index (χ1) is 9.34. The zero-order valence-corrected chi connectivity index (χ0v) is 11.6. The standard InChI is InChI=1S/C14H18N4S/c15-13-12(11-5-2-7-16-9-11)14(19-18-13)17-8-6-10-3-1-4-10/h2,5,7,9-10,17H,1,3-4,6,8H2,(H2,15,18). The van der Waals surface area contributed by atoms with E-state index in [1.165, 1.54) is 37.2 Å². The second-order valence-corrected chi connectivity index (χ2v) is 5.80. The maximum atomic E-state index is 5.97. The average molecular weight is 274 g/mol. The SMILES string of the molecule is Nc1nsc(NCCC2CCC2)c1-c1cccnc1. The van der Waals surface area contributed by atoms with Gasteiger partial charge in [-0.1, -0.05) is 25.3 Å². The molecule has 1 aliphatic carbocycles. The molecule has 3 N–H and O–H groups in total. The zero-order valence-electron chi connectivity index (χ0n) is 10.8. The summed E-state index contributed by atoms with van der Waals surface area (Å²) < 4.78 is 4.25. The molecule has 1 aliphatic rings. The quantitative estimate of drug-likeness (QED) is 0.877. The summed E-state index contributed by atoms with van der Waals surface area (Å²) >= 11 is 1.43. The summed E-state index contributed by atoms with van der Waals surface area (Å²) in [6.45, 7) is 1.000. The summed E-state index contributed by atoms with van der Waals surface area (Å²) in [5.41, 5.74) is 7.99. The topological polar surface area (TPSA) is 63.8 Å². The summed E-state index contributed by atoms with van der Waals surface area (Å²) in [5, 5.41) is 4.54. The van der Waals surface area contributed by atoms with Crippen LogP contribution in [0.3, 0.4) is 0 Å². The molecule has 1 saturated carbocycles. The molecule has 3 rings (SSSR count). The van der Waals surface area contributed by atoms with E-state index in [4.69, 9.17) is 5.73 Å². The minimum Gasteiger partial charge on any atom is -0.382 e. The molecule has 0 atom stereocenters. The van der Waals surface area contributed by atoms with Gasteiger partial charge in [0.1, 0.15) is 10.8 Å². The Hall–Kier alpha value is -1.62. The van der Waals surface area contributed by atoms with Crippen LogP contribution in [0.15, 0.2) is 24.5 Å². The number of pyridine rings is 1. The molecule has 5 heteroatoms. The van der Waals surface area contributed by atoms with Gasteiger partial charge in [-0.25, -0.2) is 0 Å². The average Bonchev–Trinajstić information content (AvgIpc) is 2.75. The second kappa shape index (κ2) is 5.57. The van der Waals surface area contributed by atoms with E-state index in [0.29, 0.717) is 5.82 Å². The van der Waals surface area contributed by atoms with E-state index >= 15 is 0 Å². The van der Waals surface area contributed by atoms with Crippen molar-refractivity contribution in [1.82, 2.24) is 9.36 Å². The monoisotopic (exact) mass is 274 g/mol. The van der Waals surface area contributed by atoms with E-state index in [0.717, 1.165) is 28.6 Å². The van der Waals surface area contributed by atoms with Gasteiger partial charge in [0, 0.05) is 24.5 Å². The lowest BCUT2D eigenvalue weighted by atomic mass is 9.83. The molecular formula is C14H18N4S. The maximum absolute atomic E-state index is 5.97. The highest BCUT2D eigenvalue weighted by atomic mass is 32.1. The fraction of sp³-hybridized carbons (Fsp3) is 0.429.